The first kappa shape index (κ1) is 17.4. The Morgan fingerprint density at radius 2 is 1.72 bits per heavy atom. The van der Waals surface area contributed by atoms with Gasteiger partial charge in [-0.15, -0.1) is 0 Å². The fraction of sp³-hybridized carbons (Fsp3) is 0.174. The molecule has 0 unspecified atom stereocenters. The van der Waals surface area contributed by atoms with E-state index in [1.165, 1.54) is 17.2 Å². The fourth-order valence-electron chi connectivity index (χ4n) is 4.93. The van der Waals surface area contributed by atoms with Crippen LogP contribution < -0.4 is 5.32 Å². The summed E-state index contributed by atoms with van der Waals surface area (Å²) in [5.41, 5.74) is 5.19. The van der Waals surface area contributed by atoms with Crippen LogP contribution in [0.2, 0.25) is 0 Å². The predicted octanol–water partition coefficient (Wildman–Crippen LogP) is 4.76. The number of nitrogens with one attached hydrogen (secondary N) is 1. The van der Waals surface area contributed by atoms with E-state index in [-0.39, 0.29) is 34.1 Å². The molecule has 1 heterocycles. The van der Waals surface area contributed by atoms with E-state index in [1.807, 2.05) is 24.3 Å². The van der Waals surface area contributed by atoms with Gasteiger partial charge in [0, 0.05) is 23.7 Å². The summed E-state index contributed by atoms with van der Waals surface area (Å²) in [7, 11) is 0. The zero-order chi connectivity index (χ0) is 20.1. The number of rotatable bonds is 3. The Morgan fingerprint density at radius 3 is 2.48 bits per heavy atom. The number of anilines is 1. The Labute approximate surface area is 167 Å². The van der Waals surface area contributed by atoms with Gasteiger partial charge in [-0.25, -0.2) is 4.79 Å². The second-order valence-corrected chi connectivity index (χ2v) is 7.59. The number of nitro groups is 1. The second-order valence-electron chi connectivity index (χ2n) is 7.59. The van der Waals surface area contributed by atoms with Crippen molar-refractivity contribution in [3.05, 3.63) is 105 Å². The summed E-state index contributed by atoms with van der Waals surface area (Å²) < 4.78 is 0. The number of nitrogens with zero attached hydrogens (tertiary/aromatic N) is 1. The minimum absolute atomic E-state index is 0.0193. The molecular formula is C23H18N2O4. The number of carboxylic acids is 1. The van der Waals surface area contributed by atoms with E-state index in [4.69, 9.17) is 0 Å². The summed E-state index contributed by atoms with van der Waals surface area (Å²) in [6.45, 7) is 0. The van der Waals surface area contributed by atoms with Crippen molar-refractivity contribution in [3.63, 3.8) is 0 Å². The van der Waals surface area contributed by atoms with Gasteiger partial charge in [0.05, 0.1) is 16.5 Å². The first-order valence-electron chi connectivity index (χ1n) is 9.49. The Morgan fingerprint density at radius 1 is 1.00 bits per heavy atom. The lowest BCUT2D eigenvalue weighted by Crippen LogP contribution is -2.31. The highest BCUT2D eigenvalue weighted by Gasteiger charge is 2.44. The van der Waals surface area contributed by atoms with Crippen molar-refractivity contribution in [2.24, 2.45) is 5.92 Å². The van der Waals surface area contributed by atoms with Crippen molar-refractivity contribution < 1.29 is 14.8 Å². The van der Waals surface area contributed by atoms with Crippen molar-refractivity contribution in [2.75, 3.05) is 5.32 Å². The third-order valence-electron chi connectivity index (χ3n) is 6.12. The minimum Gasteiger partial charge on any atom is -0.478 e. The van der Waals surface area contributed by atoms with E-state index in [9.17, 15) is 20.0 Å². The molecule has 0 bridgehead atoms. The Kier molecular flexibility index (Phi) is 3.87. The van der Waals surface area contributed by atoms with Crippen molar-refractivity contribution in [2.45, 2.75) is 18.4 Å². The molecule has 144 valence electrons. The minimum atomic E-state index is -0.955. The average Bonchev–Trinajstić information content (AvgIpc) is 3.12. The van der Waals surface area contributed by atoms with E-state index in [2.05, 4.69) is 17.4 Å². The van der Waals surface area contributed by atoms with Crippen LogP contribution in [0.1, 0.15) is 44.6 Å². The van der Waals surface area contributed by atoms with Gasteiger partial charge in [-0.05, 0) is 46.7 Å². The summed E-state index contributed by atoms with van der Waals surface area (Å²) in [6.07, 6.45) is 0.786. The highest BCUT2D eigenvalue weighted by Crippen LogP contribution is 2.54. The molecule has 29 heavy (non-hydrogen) atoms. The molecule has 6 nitrogen and oxygen atoms in total. The standard InChI is InChI=1S/C23H18N2O4/c26-23(27)17-8-4-3-7-16(17)22-19-11-13-5-1-2-6-15(13)21(19)18-12-14(25(28)29)9-10-20(18)24-22/h1-10,12,19,21-22,24H,11H2,(H,26,27)/t19-,21-,22+/m0/s1. The van der Waals surface area contributed by atoms with Gasteiger partial charge >= 0.3 is 5.97 Å². The molecule has 0 radical (unpaired) electrons. The maximum Gasteiger partial charge on any atom is 0.336 e. The largest absolute Gasteiger partial charge is 0.478 e. The van der Waals surface area contributed by atoms with Gasteiger partial charge in [-0.3, -0.25) is 10.1 Å². The molecular weight excluding hydrogens is 368 g/mol. The monoisotopic (exact) mass is 386 g/mol. The van der Waals surface area contributed by atoms with Crippen LogP contribution in [0.25, 0.3) is 0 Å². The maximum atomic E-state index is 11.8. The average molecular weight is 386 g/mol. The zero-order valence-electron chi connectivity index (χ0n) is 15.4. The Balaban J connectivity index is 1.71. The third-order valence-corrected chi connectivity index (χ3v) is 6.12. The Hall–Kier alpha value is -3.67. The highest BCUT2D eigenvalue weighted by molar-refractivity contribution is 5.90. The van der Waals surface area contributed by atoms with Crippen LogP contribution in [0.4, 0.5) is 11.4 Å². The van der Waals surface area contributed by atoms with Gasteiger partial charge in [0.1, 0.15) is 0 Å². The highest BCUT2D eigenvalue weighted by atomic mass is 16.6. The topological polar surface area (TPSA) is 92.5 Å². The fourth-order valence-corrected chi connectivity index (χ4v) is 4.93. The number of benzene rings is 3. The molecule has 1 aliphatic carbocycles. The number of hydrogen-bond acceptors (Lipinski definition) is 4. The first-order chi connectivity index (χ1) is 14.0. The lowest BCUT2D eigenvalue weighted by Gasteiger charge is -2.38. The molecule has 0 aromatic heterocycles. The molecule has 0 saturated carbocycles. The molecule has 3 aromatic carbocycles. The molecule has 3 atom stereocenters. The normalized spacial score (nSPS) is 21.4. The van der Waals surface area contributed by atoms with Crippen molar-refractivity contribution in [1.29, 1.82) is 0 Å². The lowest BCUT2D eigenvalue weighted by atomic mass is 9.75. The molecule has 2 aliphatic rings. The molecule has 0 saturated heterocycles. The van der Waals surface area contributed by atoms with Gasteiger partial charge < -0.3 is 10.4 Å². The SMILES string of the molecule is O=C(O)c1ccccc1[C@H]1Nc2ccc([N+](=O)[O-])cc2[C@@H]2c3ccccc3C[C@@H]21. The summed E-state index contributed by atoms with van der Waals surface area (Å²) >= 11 is 0. The first-order valence-corrected chi connectivity index (χ1v) is 9.49. The number of non-ortho nitro benzene ring substituents is 1. The molecule has 3 aromatic rings. The molecule has 1 aliphatic heterocycles. The summed E-state index contributed by atoms with van der Waals surface area (Å²) in [5, 5.41) is 24.5. The van der Waals surface area contributed by atoms with Crippen LogP contribution in [0.15, 0.2) is 66.7 Å². The van der Waals surface area contributed by atoms with Crippen LogP contribution >= 0.6 is 0 Å². The van der Waals surface area contributed by atoms with Crippen LogP contribution in [0, 0.1) is 16.0 Å². The van der Waals surface area contributed by atoms with Crippen LogP contribution in [0.3, 0.4) is 0 Å². The number of carbonyl (C=O) groups is 1. The maximum absolute atomic E-state index is 11.8. The second kappa shape index (κ2) is 6.44. The van der Waals surface area contributed by atoms with E-state index in [0.717, 1.165) is 23.2 Å². The van der Waals surface area contributed by atoms with Gasteiger partial charge in [0.25, 0.3) is 5.69 Å². The molecule has 0 amide bonds. The molecule has 0 spiro atoms. The smallest absolute Gasteiger partial charge is 0.336 e. The molecule has 2 N–H and O–H groups in total. The van der Waals surface area contributed by atoms with E-state index in [0.29, 0.717) is 0 Å². The third kappa shape index (κ3) is 2.68. The quantitative estimate of drug-likeness (QED) is 0.500. The Bertz CT molecular complexity index is 1160. The van der Waals surface area contributed by atoms with E-state index >= 15 is 0 Å². The van der Waals surface area contributed by atoms with Gasteiger partial charge in [0.15, 0.2) is 0 Å². The van der Waals surface area contributed by atoms with E-state index < -0.39 is 5.97 Å². The van der Waals surface area contributed by atoms with Crippen LogP contribution in [-0.2, 0) is 6.42 Å². The summed E-state index contributed by atoms with van der Waals surface area (Å²) in [4.78, 5) is 22.8. The van der Waals surface area contributed by atoms with Crippen molar-refractivity contribution in [1.82, 2.24) is 0 Å². The van der Waals surface area contributed by atoms with Crippen LogP contribution in [0.5, 0.6) is 0 Å². The molecule has 0 fully saturated rings. The number of carboxylic acid groups (broad SMARTS) is 1. The number of fused-ring (bicyclic) bond motifs is 5. The van der Waals surface area contributed by atoms with Gasteiger partial charge in [-0.1, -0.05) is 42.5 Å². The number of hydrogen-bond donors (Lipinski definition) is 2. The number of aromatic carboxylic acids is 1. The molecule has 6 heteroatoms. The van der Waals surface area contributed by atoms with E-state index in [1.54, 1.807) is 24.3 Å². The van der Waals surface area contributed by atoms with Gasteiger partial charge in [0.2, 0.25) is 0 Å². The zero-order valence-corrected chi connectivity index (χ0v) is 15.4. The van der Waals surface area contributed by atoms with Crippen molar-refractivity contribution >= 4 is 17.3 Å². The predicted molar refractivity (Wildman–Crippen MR) is 108 cm³/mol. The summed E-state index contributed by atoms with van der Waals surface area (Å²) in [6, 6.07) is 19.9. The lowest BCUT2D eigenvalue weighted by molar-refractivity contribution is -0.384. The van der Waals surface area contributed by atoms with Crippen molar-refractivity contribution in [3.8, 4) is 0 Å². The van der Waals surface area contributed by atoms with Gasteiger partial charge in [-0.2, -0.15) is 0 Å². The summed E-state index contributed by atoms with van der Waals surface area (Å²) in [5.74, 6) is -0.902. The number of nitro benzene ring substituents is 1. The van der Waals surface area contributed by atoms with Crippen LogP contribution in [-0.4, -0.2) is 16.0 Å². The molecule has 5 rings (SSSR count).